The molecule has 2 aromatic rings. The number of rotatable bonds is 6. The van der Waals surface area contributed by atoms with Gasteiger partial charge in [0.05, 0.1) is 11.5 Å². The third kappa shape index (κ3) is 4.56. The molecule has 1 atom stereocenters. The van der Waals surface area contributed by atoms with E-state index in [1.54, 1.807) is 18.2 Å². The highest BCUT2D eigenvalue weighted by molar-refractivity contribution is 7.99. The van der Waals surface area contributed by atoms with E-state index in [0.29, 0.717) is 15.9 Å². The molecule has 1 unspecified atom stereocenters. The van der Waals surface area contributed by atoms with Crippen molar-refractivity contribution in [1.29, 1.82) is 0 Å². The molecule has 2 heterocycles. The summed E-state index contributed by atoms with van der Waals surface area (Å²) in [5.41, 5.74) is 1.15. The van der Waals surface area contributed by atoms with E-state index >= 15 is 0 Å². The van der Waals surface area contributed by atoms with Crippen molar-refractivity contribution in [3.8, 4) is 0 Å². The minimum Gasteiger partial charge on any atom is -0.325 e. The molecule has 0 radical (unpaired) electrons. The van der Waals surface area contributed by atoms with Gasteiger partial charge in [-0.3, -0.25) is 14.4 Å². The molecule has 0 fully saturated rings. The van der Waals surface area contributed by atoms with Crippen LogP contribution in [0.5, 0.6) is 0 Å². The van der Waals surface area contributed by atoms with Crippen molar-refractivity contribution in [3.05, 3.63) is 44.7 Å². The van der Waals surface area contributed by atoms with Crippen LogP contribution in [0, 0.1) is 6.92 Å². The van der Waals surface area contributed by atoms with Gasteiger partial charge in [0.2, 0.25) is 11.8 Å². The third-order valence-electron chi connectivity index (χ3n) is 4.42. The first-order valence-electron chi connectivity index (χ1n) is 9.03. The lowest BCUT2D eigenvalue weighted by atomic mass is 9.92. The number of nitrogens with one attached hydrogen (secondary N) is 3. The monoisotopic (exact) mass is 420 g/mol. The number of carbonyl (C=O) groups excluding carboxylic acids is 2. The van der Waals surface area contributed by atoms with Gasteiger partial charge in [0.15, 0.2) is 5.16 Å². The van der Waals surface area contributed by atoms with E-state index in [2.05, 4.69) is 27.5 Å². The maximum atomic E-state index is 12.8. The van der Waals surface area contributed by atoms with Crippen molar-refractivity contribution in [1.82, 2.24) is 9.97 Å². The summed E-state index contributed by atoms with van der Waals surface area (Å²) in [6.07, 6.45) is 1.90. The normalized spacial score (nSPS) is 15.7. The van der Waals surface area contributed by atoms with Gasteiger partial charge in [-0.25, -0.2) is 4.98 Å². The number of amides is 2. The molecule has 1 aliphatic heterocycles. The van der Waals surface area contributed by atoms with E-state index in [9.17, 15) is 14.4 Å². The van der Waals surface area contributed by atoms with Gasteiger partial charge >= 0.3 is 0 Å². The average molecular weight is 421 g/mol. The van der Waals surface area contributed by atoms with E-state index in [1.165, 1.54) is 11.8 Å². The molecule has 0 aliphatic carbocycles. The zero-order valence-electron chi connectivity index (χ0n) is 15.6. The molecular weight excluding hydrogens is 400 g/mol. The van der Waals surface area contributed by atoms with Crippen LogP contribution in [0.2, 0.25) is 5.02 Å². The number of nitrogens with zero attached hydrogens (tertiary/aromatic N) is 1. The van der Waals surface area contributed by atoms with Gasteiger partial charge in [0.25, 0.3) is 5.56 Å². The number of hydrogen-bond acceptors (Lipinski definition) is 5. The van der Waals surface area contributed by atoms with Crippen LogP contribution in [-0.2, 0) is 9.59 Å². The predicted molar refractivity (Wildman–Crippen MR) is 111 cm³/mol. The highest BCUT2D eigenvalue weighted by atomic mass is 35.5. The maximum Gasteiger partial charge on any atom is 0.257 e. The number of carbonyl (C=O) groups is 2. The molecule has 3 rings (SSSR count). The summed E-state index contributed by atoms with van der Waals surface area (Å²) in [6.45, 7) is 3.94. The first-order valence-corrected chi connectivity index (χ1v) is 10.4. The summed E-state index contributed by atoms with van der Waals surface area (Å²) >= 11 is 7.51. The first kappa shape index (κ1) is 20.4. The first-order chi connectivity index (χ1) is 13.4. The van der Waals surface area contributed by atoms with Crippen LogP contribution in [0.1, 0.15) is 43.2 Å². The molecule has 3 N–H and O–H groups in total. The number of unbranched alkanes of at least 4 members (excludes halogenated alkanes) is 1. The number of fused-ring (bicyclic) bond motifs is 1. The summed E-state index contributed by atoms with van der Waals surface area (Å²) in [6, 6.07) is 5.14. The molecule has 0 saturated carbocycles. The van der Waals surface area contributed by atoms with Crippen molar-refractivity contribution >= 4 is 46.7 Å². The lowest BCUT2D eigenvalue weighted by Gasteiger charge is -2.23. The van der Waals surface area contributed by atoms with Gasteiger partial charge < -0.3 is 15.6 Å². The van der Waals surface area contributed by atoms with Crippen LogP contribution in [0.4, 0.5) is 11.5 Å². The summed E-state index contributed by atoms with van der Waals surface area (Å²) in [5.74, 6) is -0.757. The van der Waals surface area contributed by atoms with Crippen LogP contribution < -0.4 is 16.2 Å². The Labute approximate surface area is 171 Å². The Morgan fingerprint density at radius 3 is 2.89 bits per heavy atom. The Bertz CT molecular complexity index is 976. The lowest BCUT2D eigenvalue weighted by Crippen LogP contribution is -2.36. The van der Waals surface area contributed by atoms with Crippen molar-refractivity contribution < 1.29 is 9.59 Å². The number of anilines is 2. The standard InChI is InChI=1S/C19H21ClN4O3S/c1-3-4-7-28-19-23-16-15(18(27)24-19)12(9-14(25)22-16)17(26)21-11-6-5-10(2)13(20)8-11/h5-6,8,12H,3-4,7,9H2,1-2H3,(H,21,26)(H2,22,23,24,25,27). The van der Waals surface area contributed by atoms with Crippen molar-refractivity contribution in [3.63, 3.8) is 0 Å². The molecule has 28 heavy (non-hydrogen) atoms. The molecule has 9 heteroatoms. The number of thioether (sulfide) groups is 1. The zero-order valence-corrected chi connectivity index (χ0v) is 17.2. The van der Waals surface area contributed by atoms with Crippen molar-refractivity contribution in [2.45, 2.75) is 44.2 Å². The van der Waals surface area contributed by atoms with Gasteiger partial charge in [0, 0.05) is 22.9 Å². The Balaban J connectivity index is 1.87. The zero-order chi connectivity index (χ0) is 20.3. The third-order valence-corrected chi connectivity index (χ3v) is 5.79. The molecule has 2 amide bonds. The number of benzene rings is 1. The van der Waals surface area contributed by atoms with E-state index in [0.717, 1.165) is 24.2 Å². The highest BCUT2D eigenvalue weighted by Gasteiger charge is 2.34. The van der Waals surface area contributed by atoms with E-state index in [-0.39, 0.29) is 23.7 Å². The fourth-order valence-corrected chi connectivity index (χ4v) is 3.98. The van der Waals surface area contributed by atoms with Gasteiger partial charge in [-0.15, -0.1) is 0 Å². The van der Waals surface area contributed by atoms with Gasteiger partial charge in [-0.05, 0) is 31.0 Å². The average Bonchev–Trinajstić information content (AvgIpc) is 2.64. The lowest BCUT2D eigenvalue weighted by molar-refractivity contribution is -0.123. The fraction of sp³-hybridized carbons (Fsp3) is 0.368. The van der Waals surface area contributed by atoms with Crippen molar-refractivity contribution in [2.75, 3.05) is 16.4 Å². The highest BCUT2D eigenvalue weighted by Crippen LogP contribution is 2.31. The van der Waals surface area contributed by atoms with E-state index in [1.807, 2.05) is 6.92 Å². The number of aromatic amines is 1. The van der Waals surface area contributed by atoms with Gasteiger partial charge in [-0.2, -0.15) is 0 Å². The second-order valence-corrected chi connectivity index (χ2v) is 8.08. The Hall–Kier alpha value is -2.32. The number of halogens is 1. The minimum absolute atomic E-state index is 0.120. The molecule has 7 nitrogen and oxygen atoms in total. The Morgan fingerprint density at radius 2 is 2.18 bits per heavy atom. The number of hydrogen-bond donors (Lipinski definition) is 3. The second kappa shape index (κ2) is 8.79. The van der Waals surface area contributed by atoms with Crippen LogP contribution in [0.3, 0.4) is 0 Å². The summed E-state index contributed by atoms with van der Waals surface area (Å²) < 4.78 is 0. The molecule has 1 aliphatic rings. The second-order valence-electron chi connectivity index (χ2n) is 6.59. The summed E-state index contributed by atoms with van der Waals surface area (Å²) in [7, 11) is 0. The molecule has 148 valence electrons. The van der Waals surface area contributed by atoms with Crippen LogP contribution >= 0.6 is 23.4 Å². The maximum absolute atomic E-state index is 12.8. The molecule has 0 spiro atoms. The number of aromatic nitrogens is 2. The Morgan fingerprint density at radius 1 is 1.39 bits per heavy atom. The van der Waals surface area contributed by atoms with Crippen molar-refractivity contribution in [2.24, 2.45) is 0 Å². The molecule has 1 aromatic heterocycles. The molecule has 0 bridgehead atoms. The predicted octanol–water partition coefficient (Wildman–Crippen LogP) is 3.69. The summed E-state index contributed by atoms with van der Waals surface area (Å²) in [4.78, 5) is 44.6. The molecular formula is C19H21ClN4O3S. The summed E-state index contributed by atoms with van der Waals surface area (Å²) in [5, 5.41) is 6.30. The largest absolute Gasteiger partial charge is 0.325 e. The smallest absolute Gasteiger partial charge is 0.257 e. The quantitative estimate of drug-likeness (QED) is 0.375. The SMILES string of the molecule is CCCCSc1nc2c(c(=O)[nH]1)C(C(=O)Nc1ccc(C)c(Cl)c1)CC(=O)N2. The van der Waals surface area contributed by atoms with E-state index < -0.39 is 17.4 Å². The van der Waals surface area contributed by atoms with Gasteiger partial charge in [0.1, 0.15) is 5.82 Å². The fourth-order valence-electron chi connectivity index (χ4n) is 2.86. The van der Waals surface area contributed by atoms with Gasteiger partial charge in [-0.1, -0.05) is 42.8 Å². The number of H-pyrrole nitrogens is 1. The number of aryl methyl sites for hydroxylation is 1. The van der Waals surface area contributed by atoms with Crippen LogP contribution in [0.25, 0.3) is 0 Å². The van der Waals surface area contributed by atoms with Crippen LogP contribution in [0.15, 0.2) is 28.2 Å². The topological polar surface area (TPSA) is 104 Å². The van der Waals surface area contributed by atoms with E-state index in [4.69, 9.17) is 11.6 Å². The van der Waals surface area contributed by atoms with Crippen LogP contribution in [-0.4, -0.2) is 27.5 Å². The Kier molecular flexibility index (Phi) is 6.41. The molecule has 1 aromatic carbocycles. The molecule has 0 saturated heterocycles. The minimum atomic E-state index is -0.922.